The highest BCUT2D eigenvalue weighted by Gasteiger charge is 2.35. The van der Waals surface area contributed by atoms with Gasteiger partial charge < -0.3 is 4.52 Å². The average molecular weight is 264 g/mol. The van der Waals surface area contributed by atoms with Gasteiger partial charge >= 0.3 is 0 Å². The highest BCUT2D eigenvalue weighted by Crippen LogP contribution is 2.33. The molecule has 1 fully saturated rings. The number of benzene rings is 1. The smallest absolute Gasteiger partial charge is 0.148 e. The minimum atomic E-state index is -0.596. The summed E-state index contributed by atoms with van der Waals surface area (Å²) in [5.41, 5.74) is 1.75. The van der Waals surface area contributed by atoms with E-state index in [1.807, 2.05) is 26.0 Å². The van der Waals surface area contributed by atoms with Gasteiger partial charge in [-0.3, -0.25) is 9.59 Å². The van der Waals surface area contributed by atoms with Gasteiger partial charge in [-0.2, -0.15) is 0 Å². The number of Topliss-reactive ketones (excluding diaryl/α,β-unsaturated/α-hetero) is 2. The number of rotatable bonds is 2. The molecule has 0 bridgehead atoms. The fraction of sp³-hybridized carbons (Fsp3) is 0.429. The van der Waals surface area contributed by atoms with Crippen molar-refractivity contribution in [3.8, 4) is 5.75 Å². The largest absolute Gasteiger partial charge is 0.480 e. The Morgan fingerprint density at radius 3 is 2.39 bits per heavy atom. The Balaban J connectivity index is 2.41. The van der Waals surface area contributed by atoms with Crippen LogP contribution in [0.5, 0.6) is 5.75 Å². The summed E-state index contributed by atoms with van der Waals surface area (Å²) in [4.78, 5) is 24.2. The van der Waals surface area contributed by atoms with Gasteiger partial charge in [-0.05, 0) is 36.1 Å². The van der Waals surface area contributed by atoms with Crippen molar-refractivity contribution in [1.29, 1.82) is 0 Å². The Hall–Kier alpha value is -1.21. The Kier molecular flexibility index (Phi) is 3.82. The zero-order valence-electron chi connectivity index (χ0n) is 10.6. The lowest BCUT2D eigenvalue weighted by Gasteiger charge is -2.25. The molecular weight excluding hydrogens is 247 g/mol. The molecule has 2 rings (SSSR count). The van der Waals surface area contributed by atoms with Gasteiger partial charge in [0.05, 0.1) is 9.47 Å². The van der Waals surface area contributed by atoms with Crippen LogP contribution in [-0.2, 0) is 9.59 Å². The van der Waals surface area contributed by atoms with Gasteiger partial charge in [0.25, 0.3) is 0 Å². The minimum Gasteiger partial charge on any atom is -0.480 e. The van der Waals surface area contributed by atoms with E-state index in [0.717, 1.165) is 11.1 Å². The molecule has 18 heavy (non-hydrogen) atoms. The molecule has 0 N–H and O–H groups in total. The van der Waals surface area contributed by atoms with Gasteiger partial charge in [-0.1, -0.05) is 13.0 Å². The van der Waals surface area contributed by atoms with Crippen molar-refractivity contribution in [1.82, 2.24) is 0 Å². The molecule has 1 aliphatic rings. The summed E-state index contributed by atoms with van der Waals surface area (Å²) in [6.45, 7) is 3.86. The maximum absolute atomic E-state index is 12.1. The van der Waals surface area contributed by atoms with Crippen LogP contribution >= 0.6 is 9.47 Å². The van der Waals surface area contributed by atoms with E-state index in [0.29, 0.717) is 18.6 Å². The van der Waals surface area contributed by atoms with Crippen LogP contribution in [-0.4, -0.2) is 11.6 Å². The zero-order valence-corrected chi connectivity index (χ0v) is 11.8. The Labute approximate surface area is 109 Å². The fourth-order valence-electron chi connectivity index (χ4n) is 2.52. The predicted octanol–water partition coefficient (Wildman–Crippen LogP) is 2.82. The number of aryl methyl sites for hydroxylation is 1. The maximum atomic E-state index is 12.1. The topological polar surface area (TPSA) is 43.4 Å². The van der Waals surface area contributed by atoms with E-state index in [1.165, 1.54) is 0 Å². The number of hydrogen-bond acceptors (Lipinski definition) is 3. The Bertz CT molecular complexity index is 478. The van der Waals surface area contributed by atoms with Gasteiger partial charge in [0.2, 0.25) is 0 Å². The molecule has 1 aromatic rings. The Morgan fingerprint density at radius 1 is 1.22 bits per heavy atom. The quantitative estimate of drug-likeness (QED) is 0.609. The number of hydrogen-bond donors (Lipinski definition) is 0. The van der Waals surface area contributed by atoms with E-state index in [4.69, 9.17) is 4.52 Å². The molecule has 1 aromatic carbocycles. The monoisotopic (exact) mass is 264 g/mol. The molecule has 0 spiro atoms. The molecule has 1 saturated carbocycles. The van der Waals surface area contributed by atoms with Crippen LogP contribution in [0.25, 0.3) is 0 Å². The van der Waals surface area contributed by atoms with Gasteiger partial charge in [0.15, 0.2) is 0 Å². The van der Waals surface area contributed by atoms with Crippen LogP contribution in [0.1, 0.15) is 36.8 Å². The third kappa shape index (κ3) is 2.46. The van der Waals surface area contributed by atoms with Crippen LogP contribution in [0.3, 0.4) is 0 Å². The van der Waals surface area contributed by atoms with Crippen molar-refractivity contribution in [2.24, 2.45) is 5.92 Å². The van der Waals surface area contributed by atoms with E-state index in [2.05, 4.69) is 9.47 Å². The second kappa shape index (κ2) is 5.19. The second-order valence-corrected chi connectivity index (χ2v) is 5.25. The Morgan fingerprint density at radius 2 is 1.83 bits per heavy atom. The molecule has 0 aliphatic heterocycles. The highest BCUT2D eigenvalue weighted by atomic mass is 31.0. The molecule has 1 unspecified atom stereocenters. The molecule has 0 amide bonds. The van der Waals surface area contributed by atoms with E-state index < -0.39 is 5.92 Å². The minimum absolute atomic E-state index is 0.0303. The fourth-order valence-corrected chi connectivity index (χ4v) is 2.67. The van der Waals surface area contributed by atoms with Crippen molar-refractivity contribution in [2.45, 2.75) is 32.6 Å². The SMILES string of the molecule is Cc1ccc(OP)cc1C1C(=O)CC(C)CC1=O. The average Bonchev–Trinajstić information content (AvgIpc) is 2.30. The lowest BCUT2D eigenvalue weighted by molar-refractivity contribution is -0.133. The summed E-state index contributed by atoms with van der Waals surface area (Å²) in [6, 6.07) is 5.50. The third-order valence-corrected chi connectivity index (χ3v) is 3.71. The van der Waals surface area contributed by atoms with Gasteiger partial charge in [0.1, 0.15) is 23.2 Å². The van der Waals surface area contributed by atoms with Crippen molar-refractivity contribution in [2.75, 3.05) is 0 Å². The third-order valence-electron chi connectivity index (χ3n) is 3.44. The van der Waals surface area contributed by atoms with Crippen LogP contribution in [0.2, 0.25) is 0 Å². The van der Waals surface area contributed by atoms with E-state index in [-0.39, 0.29) is 17.5 Å². The molecular formula is C14H17O3P. The van der Waals surface area contributed by atoms with Crippen molar-refractivity contribution in [3.63, 3.8) is 0 Å². The molecule has 4 heteroatoms. The summed E-state index contributed by atoms with van der Waals surface area (Å²) in [5.74, 6) is 0.286. The summed E-state index contributed by atoms with van der Waals surface area (Å²) < 4.78 is 5.09. The molecule has 3 nitrogen and oxygen atoms in total. The number of carbonyl (C=O) groups is 2. The van der Waals surface area contributed by atoms with Gasteiger partial charge in [-0.25, -0.2) is 0 Å². The van der Waals surface area contributed by atoms with E-state index in [1.54, 1.807) is 6.07 Å². The number of carbonyl (C=O) groups excluding carboxylic acids is 2. The first-order valence-corrected chi connectivity index (χ1v) is 6.52. The lowest BCUT2D eigenvalue weighted by atomic mass is 9.76. The molecule has 0 aromatic heterocycles. The molecule has 0 radical (unpaired) electrons. The number of ketones is 2. The van der Waals surface area contributed by atoms with Crippen molar-refractivity contribution in [3.05, 3.63) is 29.3 Å². The first kappa shape index (κ1) is 13.2. The maximum Gasteiger partial charge on any atom is 0.148 e. The second-order valence-electron chi connectivity index (χ2n) is 5.02. The molecule has 0 saturated heterocycles. The summed E-state index contributed by atoms with van der Waals surface area (Å²) >= 11 is 0. The standard InChI is InChI=1S/C14H17O3P/c1-8-5-12(15)14(13(16)6-8)11-7-10(17-18)4-3-9(11)2/h3-4,7-8,14H,5-6,18H2,1-2H3. The normalized spacial score (nSPS) is 24.2. The predicted molar refractivity (Wildman–Crippen MR) is 72.7 cm³/mol. The molecule has 96 valence electrons. The van der Waals surface area contributed by atoms with Crippen molar-refractivity contribution < 1.29 is 14.1 Å². The molecule has 0 heterocycles. The van der Waals surface area contributed by atoms with Crippen LogP contribution < -0.4 is 4.52 Å². The highest BCUT2D eigenvalue weighted by molar-refractivity contribution is 7.10. The summed E-state index contributed by atoms with van der Waals surface area (Å²) in [6.07, 6.45) is 0.976. The lowest BCUT2D eigenvalue weighted by Crippen LogP contribution is -2.31. The first-order valence-electron chi connectivity index (χ1n) is 6.05. The molecule has 1 atom stereocenters. The summed E-state index contributed by atoms with van der Waals surface area (Å²) in [5, 5.41) is 0. The van der Waals surface area contributed by atoms with E-state index in [9.17, 15) is 9.59 Å². The van der Waals surface area contributed by atoms with Crippen LogP contribution in [0.4, 0.5) is 0 Å². The first-order chi connectivity index (χ1) is 8.52. The summed E-state index contributed by atoms with van der Waals surface area (Å²) in [7, 11) is 2.17. The van der Waals surface area contributed by atoms with Crippen molar-refractivity contribution >= 4 is 21.0 Å². The van der Waals surface area contributed by atoms with E-state index >= 15 is 0 Å². The molecule has 1 aliphatic carbocycles. The van der Waals surface area contributed by atoms with Gasteiger partial charge in [0, 0.05) is 12.8 Å². The van der Waals surface area contributed by atoms with Crippen LogP contribution in [0.15, 0.2) is 18.2 Å². The van der Waals surface area contributed by atoms with Gasteiger partial charge in [-0.15, -0.1) is 0 Å². The zero-order chi connectivity index (χ0) is 13.3. The van der Waals surface area contributed by atoms with Crippen LogP contribution in [0, 0.1) is 12.8 Å².